The van der Waals surface area contributed by atoms with E-state index in [1.54, 1.807) is 25.1 Å². The Balaban J connectivity index is 2.46. The lowest BCUT2D eigenvalue weighted by atomic mass is 10.2. The van der Waals surface area contributed by atoms with Crippen LogP contribution in [0, 0.1) is 13.8 Å². The average Bonchev–Trinajstić information content (AvgIpc) is 2.33. The van der Waals surface area contributed by atoms with E-state index in [1.807, 2.05) is 13.0 Å². The van der Waals surface area contributed by atoms with Crippen molar-refractivity contribution in [2.24, 2.45) is 0 Å². The molecule has 0 fully saturated rings. The van der Waals surface area contributed by atoms with E-state index in [9.17, 15) is 8.42 Å². The summed E-state index contributed by atoms with van der Waals surface area (Å²) in [4.78, 5) is 0.0870. The van der Waals surface area contributed by atoms with Gasteiger partial charge in [0.1, 0.15) is 0 Å². The van der Waals surface area contributed by atoms with E-state index in [0.29, 0.717) is 16.9 Å². The van der Waals surface area contributed by atoms with Crippen molar-refractivity contribution in [2.45, 2.75) is 18.7 Å². The van der Waals surface area contributed by atoms with Crippen molar-refractivity contribution in [3.8, 4) is 0 Å². The Hall–Kier alpha value is -1.72. The van der Waals surface area contributed by atoms with Crippen molar-refractivity contribution >= 4 is 33.0 Å². The molecule has 0 atom stereocenters. The number of rotatable bonds is 3. The molecule has 0 amide bonds. The lowest BCUT2D eigenvalue weighted by Gasteiger charge is -2.12. The van der Waals surface area contributed by atoms with Gasteiger partial charge >= 0.3 is 0 Å². The Morgan fingerprint density at radius 3 is 2.50 bits per heavy atom. The highest BCUT2D eigenvalue weighted by molar-refractivity contribution is 7.92. The van der Waals surface area contributed by atoms with Crippen molar-refractivity contribution in [2.75, 3.05) is 10.5 Å². The number of anilines is 2. The maximum absolute atomic E-state index is 12.4. The van der Waals surface area contributed by atoms with Crippen molar-refractivity contribution in [3.05, 3.63) is 52.5 Å². The number of hydrogen-bond donors (Lipinski definition) is 2. The monoisotopic (exact) mass is 310 g/mol. The summed E-state index contributed by atoms with van der Waals surface area (Å²) in [5.41, 5.74) is 8.06. The fourth-order valence-electron chi connectivity index (χ4n) is 1.87. The Kier molecular flexibility index (Phi) is 3.92. The Labute approximate surface area is 123 Å². The van der Waals surface area contributed by atoms with Gasteiger partial charge in [0.15, 0.2) is 0 Å². The number of nitrogen functional groups attached to an aromatic ring is 1. The third-order valence-corrected chi connectivity index (χ3v) is 4.65. The molecule has 2 aromatic carbocycles. The van der Waals surface area contributed by atoms with Gasteiger partial charge in [-0.05, 0) is 49.2 Å². The van der Waals surface area contributed by atoms with Crippen LogP contribution < -0.4 is 10.5 Å². The summed E-state index contributed by atoms with van der Waals surface area (Å²) in [6.45, 7) is 3.54. The molecule has 6 heteroatoms. The summed E-state index contributed by atoms with van der Waals surface area (Å²) in [6, 6.07) is 10.0. The smallest absolute Gasteiger partial charge is 0.262 e. The van der Waals surface area contributed by atoms with Gasteiger partial charge in [-0.3, -0.25) is 4.72 Å². The third-order valence-electron chi connectivity index (χ3n) is 2.92. The molecule has 0 aliphatic heterocycles. The molecule has 0 bridgehead atoms. The first-order valence-corrected chi connectivity index (χ1v) is 7.81. The zero-order valence-electron chi connectivity index (χ0n) is 11.1. The first-order chi connectivity index (χ1) is 9.29. The highest BCUT2D eigenvalue weighted by Gasteiger charge is 2.19. The summed E-state index contributed by atoms with van der Waals surface area (Å²) < 4.78 is 27.4. The first-order valence-electron chi connectivity index (χ1n) is 5.95. The molecule has 2 aromatic rings. The highest BCUT2D eigenvalue weighted by Crippen LogP contribution is 2.27. The molecule has 0 saturated heterocycles. The van der Waals surface area contributed by atoms with Crippen molar-refractivity contribution in [1.82, 2.24) is 0 Å². The molecule has 0 aromatic heterocycles. The van der Waals surface area contributed by atoms with E-state index < -0.39 is 10.0 Å². The number of halogens is 1. The fourth-order valence-corrected chi connectivity index (χ4v) is 3.51. The normalized spacial score (nSPS) is 11.3. The van der Waals surface area contributed by atoms with Crippen LogP contribution in [0.2, 0.25) is 5.02 Å². The van der Waals surface area contributed by atoms with Crippen LogP contribution in [-0.2, 0) is 10.0 Å². The quantitative estimate of drug-likeness (QED) is 0.854. The number of nitrogens with two attached hydrogens (primary N) is 1. The van der Waals surface area contributed by atoms with Gasteiger partial charge in [0.25, 0.3) is 10.0 Å². The predicted molar refractivity (Wildman–Crippen MR) is 82.6 cm³/mol. The van der Waals surface area contributed by atoms with Crippen LogP contribution in [0.15, 0.2) is 41.3 Å². The molecule has 0 radical (unpaired) electrons. The van der Waals surface area contributed by atoms with Gasteiger partial charge in [0.2, 0.25) is 0 Å². The second-order valence-corrected chi connectivity index (χ2v) is 6.68. The lowest BCUT2D eigenvalue weighted by molar-refractivity contribution is 0.600. The molecule has 0 saturated carbocycles. The number of hydrogen-bond acceptors (Lipinski definition) is 3. The van der Waals surface area contributed by atoms with Gasteiger partial charge in [-0.25, -0.2) is 8.42 Å². The first kappa shape index (κ1) is 14.7. The summed E-state index contributed by atoms with van der Waals surface area (Å²) >= 11 is 5.88. The summed E-state index contributed by atoms with van der Waals surface area (Å²) in [5, 5.41) is 0.290. The minimum atomic E-state index is -3.72. The average molecular weight is 311 g/mol. The molecular formula is C14H15ClN2O2S. The molecule has 20 heavy (non-hydrogen) atoms. The molecular weight excluding hydrogens is 296 g/mol. The van der Waals surface area contributed by atoms with Crippen molar-refractivity contribution in [1.29, 1.82) is 0 Å². The van der Waals surface area contributed by atoms with E-state index in [1.165, 1.54) is 12.1 Å². The zero-order valence-corrected chi connectivity index (χ0v) is 12.7. The summed E-state index contributed by atoms with van der Waals surface area (Å²) in [6.07, 6.45) is 0. The van der Waals surface area contributed by atoms with Gasteiger partial charge in [0, 0.05) is 16.4 Å². The largest absolute Gasteiger partial charge is 0.398 e. The molecule has 106 valence electrons. The number of sulfonamides is 1. The molecule has 0 heterocycles. The summed E-state index contributed by atoms with van der Waals surface area (Å²) in [7, 11) is -3.72. The molecule has 4 nitrogen and oxygen atoms in total. The minimum Gasteiger partial charge on any atom is -0.398 e. The second-order valence-electron chi connectivity index (χ2n) is 4.59. The SMILES string of the molecule is Cc1cccc(NS(=O)(=O)c2cc(Cl)cc(N)c2C)c1. The van der Waals surface area contributed by atoms with Crippen molar-refractivity contribution in [3.63, 3.8) is 0 Å². The maximum Gasteiger partial charge on any atom is 0.262 e. The molecule has 3 N–H and O–H groups in total. The van der Waals surface area contributed by atoms with Crippen LogP contribution in [0.1, 0.15) is 11.1 Å². The second kappa shape index (κ2) is 5.34. The van der Waals surface area contributed by atoms with E-state index in [0.717, 1.165) is 5.56 Å². The number of nitrogens with one attached hydrogen (secondary N) is 1. The summed E-state index contributed by atoms with van der Waals surface area (Å²) in [5.74, 6) is 0. The van der Waals surface area contributed by atoms with Gasteiger partial charge in [-0.1, -0.05) is 23.7 Å². The Morgan fingerprint density at radius 2 is 1.85 bits per heavy atom. The van der Waals surface area contributed by atoms with Crippen LogP contribution in [0.5, 0.6) is 0 Å². The number of aryl methyl sites for hydroxylation is 1. The predicted octanol–water partition coefficient (Wildman–Crippen LogP) is 3.34. The van der Waals surface area contributed by atoms with Crippen LogP contribution >= 0.6 is 11.6 Å². The standard InChI is InChI=1S/C14H15ClN2O2S/c1-9-4-3-5-12(6-9)17-20(18,19)14-8-11(15)7-13(16)10(14)2/h3-8,17H,16H2,1-2H3. The van der Waals surface area contributed by atoms with Crippen LogP contribution in [0.4, 0.5) is 11.4 Å². The van der Waals surface area contributed by atoms with E-state index in [-0.39, 0.29) is 9.92 Å². The van der Waals surface area contributed by atoms with Crippen LogP contribution in [-0.4, -0.2) is 8.42 Å². The van der Waals surface area contributed by atoms with Gasteiger partial charge in [-0.15, -0.1) is 0 Å². The van der Waals surface area contributed by atoms with E-state index >= 15 is 0 Å². The van der Waals surface area contributed by atoms with Crippen molar-refractivity contribution < 1.29 is 8.42 Å². The highest BCUT2D eigenvalue weighted by atomic mass is 35.5. The van der Waals surface area contributed by atoms with Crippen LogP contribution in [0.25, 0.3) is 0 Å². The zero-order chi connectivity index (χ0) is 14.9. The van der Waals surface area contributed by atoms with Gasteiger partial charge in [0.05, 0.1) is 4.90 Å². The topological polar surface area (TPSA) is 72.2 Å². The fraction of sp³-hybridized carbons (Fsp3) is 0.143. The molecule has 2 rings (SSSR count). The molecule has 0 aliphatic carbocycles. The molecule has 0 unspecified atom stereocenters. The maximum atomic E-state index is 12.4. The Bertz CT molecular complexity index is 758. The minimum absolute atomic E-state index is 0.0870. The third kappa shape index (κ3) is 3.05. The van der Waals surface area contributed by atoms with E-state index in [4.69, 9.17) is 17.3 Å². The molecule has 0 spiro atoms. The van der Waals surface area contributed by atoms with Gasteiger partial charge in [-0.2, -0.15) is 0 Å². The van der Waals surface area contributed by atoms with E-state index in [2.05, 4.69) is 4.72 Å². The van der Waals surface area contributed by atoms with Crippen LogP contribution in [0.3, 0.4) is 0 Å². The lowest BCUT2D eigenvalue weighted by Crippen LogP contribution is -2.15. The van der Waals surface area contributed by atoms with Gasteiger partial charge < -0.3 is 5.73 Å². The number of benzene rings is 2. The Morgan fingerprint density at radius 1 is 1.15 bits per heavy atom. The molecule has 0 aliphatic rings.